The van der Waals surface area contributed by atoms with Gasteiger partial charge < -0.3 is 19.9 Å². The number of primary amides is 1. The number of amides is 1. The molecule has 0 aliphatic rings. The van der Waals surface area contributed by atoms with Gasteiger partial charge in [-0.1, -0.05) is 11.6 Å². The molecule has 2 aromatic rings. The Hall–Kier alpha value is -2.38. The highest BCUT2D eigenvalue weighted by Crippen LogP contribution is 2.22. The average molecular weight is 372 g/mol. The van der Waals surface area contributed by atoms with Gasteiger partial charge in [-0.05, 0) is 36.4 Å². The summed E-state index contributed by atoms with van der Waals surface area (Å²) in [6.45, 7) is 0.789. The molecule has 134 valence electrons. The Kier molecular flexibility index (Phi) is 6.97. The van der Waals surface area contributed by atoms with Crippen molar-refractivity contribution < 1.29 is 27.8 Å². The van der Waals surface area contributed by atoms with Gasteiger partial charge in [-0.15, -0.1) is 0 Å². The molecule has 2 N–H and O–H groups in total. The molecule has 1 amide bonds. The van der Waals surface area contributed by atoms with Crippen LogP contribution in [0.2, 0.25) is 5.02 Å². The van der Waals surface area contributed by atoms with Crippen LogP contribution in [0.4, 0.5) is 8.78 Å². The molecule has 5 nitrogen and oxygen atoms in total. The van der Waals surface area contributed by atoms with Crippen molar-refractivity contribution in [3.63, 3.8) is 0 Å². The summed E-state index contributed by atoms with van der Waals surface area (Å²) in [6.07, 6.45) is 0. The maximum atomic E-state index is 13.9. The number of hydrogen-bond acceptors (Lipinski definition) is 4. The van der Waals surface area contributed by atoms with Gasteiger partial charge in [0.15, 0.2) is 11.6 Å². The van der Waals surface area contributed by atoms with E-state index in [1.807, 2.05) is 0 Å². The Balaban J connectivity index is 1.69. The fourth-order valence-electron chi connectivity index (χ4n) is 1.93. The van der Waals surface area contributed by atoms with Gasteiger partial charge in [-0.25, -0.2) is 8.78 Å². The van der Waals surface area contributed by atoms with E-state index in [1.54, 1.807) is 24.3 Å². The van der Waals surface area contributed by atoms with E-state index in [4.69, 9.17) is 31.5 Å². The smallest absolute Gasteiger partial charge is 0.254 e. The van der Waals surface area contributed by atoms with Crippen LogP contribution >= 0.6 is 11.6 Å². The Morgan fingerprint density at radius 3 is 2.24 bits per heavy atom. The van der Waals surface area contributed by atoms with E-state index >= 15 is 0 Å². The highest BCUT2D eigenvalue weighted by molar-refractivity contribution is 6.30. The predicted molar refractivity (Wildman–Crippen MR) is 88.1 cm³/mol. The third-order valence-corrected chi connectivity index (χ3v) is 3.35. The van der Waals surface area contributed by atoms with Crippen molar-refractivity contribution in [2.75, 3.05) is 26.4 Å². The van der Waals surface area contributed by atoms with Crippen LogP contribution in [0.25, 0.3) is 0 Å². The Labute approximate surface area is 148 Å². The van der Waals surface area contributed by atoms with Gasteiger partial charge in [-0.3, -0.25) is 4.79 Å². The molecule has 0 fully saturated rings. The maximum absolute atomic E-state index is 13.9. The van der Waals surface area contributed by atoms with Crippen LogP contribution in [-0.2, 0) is 4.74 Å². The first kappa shape index (κ1) is 19.0. The number of carbonyl (C=O) groups is 1. The van der Waals surface area contributed by atoms with Gasteiger partial charge in [0.1, 0.15) is 30.3 Å². The summed E-state index contributed by atoms with van der Waals surface area (Å²) in [5, 5.41) is 0.619. The molecule has 2 rings (SSSR count). The Bertz CT molecular complexity index is 725. The van der Waals surface area contributed by atoms with Gasteiger partial charge in [0.25, 0.3) is 5.91 Å². The molecule has 2 aromatic carbocycles. The topological polar surface area (TPSA) is 70.8 Å². The second-order valence-electron chi connectivity index (χ2n) is 4.86. The molecule has 0 saturated heterocycles. The lowest BCUT2D eigenvalue weighted by Crippen LogP contribution is -2.17. The van der Waals surface area contributed by atoms with E-state index in [1.165, 1.54) is 0 Å². The third kappa shape index (κ3) is 5.58. The highest BCUT2D eigenvalue weighted by Gasteiger charge is 2.19. The molecule has 0 aromatic heterocycles. The summed E-state index contributed by atoms with van der Waals surface area (Å²) in [5.74, 6) is -2.96. The summed E-state index contributed by atoms with van der Waals surface area (Å²) < 4.78 is 43.1. The second-order valence-corrected chi connectivity index (χ2v) is 5.30. The molecule has 25 heavy (non-hydrogen) atoms. The molecule has 0 aliphatic heterocycles. The average Bonchev–Trinajstić information content (AvgIpc) is 2.57. The van der Waals surface area contributed by atoms with Crippen molar-refractivity contribution in [2.45, 2.75) is 0 Å². The van der Waals surface area contributed by atoms with Crippen molar-refractivity contribution in [1.29, 1.82) is 0 Å². The van der Waals surface area contributed by atoms with Gasteiger partial charge in [0, 0.05) is 5.02 Å². The quantitative estimate of drug-likeness (QED) is 0.687. The zero-order valence-corrected chi connectivity index (χ0v) is 13.9. The van der Waals surface area contributed by atoms with Gasteiger partial charge >= 0.3 is 0 Å². The fraction of sp³-hybridized carbons (Fsp3) is 0.235. The molecule has 0 atom stereocenters. The van der Waals surface area contributed by atoms with E-state index in [-0.39, 0.29) is 19.0 Å². The summed E-state index contributed by atoms with van der Waals surface area (Å²) in [7, 11) is 0. The Morgan fingerprint density at radius 1 is 0.960 bits per heavy atom. The number of nitrogens with two attached hydrogens (primary N) is 1. The fourth-order valence-corrected chi connectivity index (χ4v) is 2.06. The monoisotopic (exact) mass is 371 g/mol. The van der Waals surface area contributed by atoms with Crippen molar-refractivity contribution in [3.05, 3.63) is 58.6 Å². The predicted octanol–water partition coefficient (Wildman–Crippen LogP) is 3.19. The molecule has 8 heteroatoms. The van der Waals surface area contributed by atoms with Crippen LogP contribution in [0, 0.1) is 11.6 Å². The summed E-state index contributed by atoms with van der Waals surface area (Å²) in [6, 6.07) is 8.89. The minimum atomic E-state index is -1.20. The number of ether oxygens (including phenoxy) is 3. The Morgan fingerprint density at radius 2 is 1.60 bits per heavy atom. The second kappa shape index (κ2) is 9.19. The van der Waals surface area contributed by atoms with Crippen molar-refractivity contribution >= 4 is 17.5 Å². The first-order valence-corrected chi connectivity index (χ1v) is 7.73. The van der Waals surface area contributed by atoms with Crippen molar-refractivity contribution in [1.82, 2.24) is 0 Å². The van der Waals surface area contributed by atoms with E-state index in [9.17, 15) is 13.6 Å². The standard InChI is InChI=1S/C17H16ClF2NO4/c18-11-1-3-12(4-2-11)24-9-7-23-8-10-25-14-6-5-13(19)15(16(14)20)17(21)22/h1-6H,7-10H2,(H2,21,22). The van der Waals surface area contributed by atoms with Crippen LogP contribution in [0.15, 0.2) is 36.4 Å². The zero-order valence-electron chi connectivity index (χ0n) is 13.1. The molecule has 0 aliphatic carbocycles. The molecular weight excluding hydrogens is 356 g/mol. The highest BCUT2D eigenvalue weighted by atomic mass is 35.5. The number of benzene rings is 2. The first-order chi connectivity index (χ1) is 12.0. The maximum Gasteiger partial charge on any atom is 0.254 e. The molecule has 0 heterocycles. The molecule has 0 spiro atoms. The van der Waals surface area contributed by atoms with Crippen molar-refractivity contribution in [2.24, 2.45) is 5.73 Å². The molecular formula is C17H16ClF2NO4. The first-order valence-electron chi connectivity index (χ1n) is 7.35. The lowest BCUT2D eigenvalue weighted by molar-refractivity contribution is 0.0753. The van der Waals surface area contributed by atoms with Crippen LogP contribution in [0.5, 0.6) is 11.5 Å². The summed E-state index contributed by atoms with van der Waals surface area (Å²) >= 11 is 5.76. The van der Waals surface area contributed by atoms with E-state index < -0.39 is 23.1 Å². The lowest BCUT2D eigenvalue weighted by atomic mass is 10.2. The van der Waals surface area contributed by atoms with E-state index in [0.717, 1.165) is 12.1 Å². The van der Waals surface area contributed by atoms with Gasteiger partial charge in [0.2, 0.25) is 0 Å². The summed E-state index contributed by atoms with van der Waals surface area (Å²) in [5.41, 5.74) is 4.11. The van der Waals surface area contributed by atoms with Gasteiger partial charge in [-0.2, -0.15) is 0 Å². The lowest BCUT2D eigenvalue weighted by Gasteiger charge is -2.10. The molecule has 0 saturated carbocycles. The minimum Gasteiger partial charge on any atom is -0.491 e. The minimum absolute atomic E-state index is 0.0156. The molecule has 0 bridgehead atoms. The zero-order chi connectivity index (χ0) is 18.2. The number of carbonyl (C=O) groups excluding carboxylic acids is 1. The van der Waals surface area contributed by atoms with Gasteiger partial charge in [0.05, 0.1) is 13.2 Å². The molecule has 0 unspecified atom stereocenters. The number of rotatable bonds is 9. The number of halogens is 3. The van der Waals surface area contributed by atoms with Crippen LogP contribution in [-0.4, -0.2) is 32.3 Å². The summed E-state index contributed by atoms with van der Waals surface area (Å²) in [4.78, 5) is 11.0. The normalized spacial score (nSPS) is 10.5. The van der Waals surface area contributed by atoms with E-state index in [2.05, 4.69) is 0 Å². The third-order valence-electron chi connectivity index (χ3n) is 3.10. The van der Waals surface area contributed by atoms with Crippen LogP contribution < -0.4 is 15.2 Å². The number of hydrogen-bond donors (Lipinski definition) is 1. The van der Waals surface area contributed by atoms with Crippen molar-refractivity contribution in [3.8, 4) is 11.5 Å². The SMILES string of the molecule is NC(=O)c1c(F)ccc(OCCOCCOc2ccc(Cl)cc2)c1F. The van der Waals surface area contributed by atoms with Crippen LogP contribution in [0.3, 0.4) is 0 Å². The molecule has 0 radical (unpaired) electrons. The largest absolute Gasteiger partial charge is 0.491 e. The van der Waals surface area contributed by atoms with E-state index in [0.29, 0.717) is 24.0 Å². The van der Waals surface area contributed by atoms with Crippen LogP contribution in [0.1, 0.15) is 10.4 Å².